The van der Waals surface area contributed by atoms with Crippen molar-refractivity contribution in [1.29, 1.82) is 0 Å². The number of hydrogen-bond donors (Lipinski definition) is 1. The predicted octanol–water partition coefficient (Wildman–Crippen LogP) is 3.64. The van der Waals surface area contributed by atoms with E-state index in [0.717, 1.165) is 28.2 Å². The molecule has 1 amide bonds. The van der Waals surface area contributed by atoms with E-state index < -0.39 is 0 Å². The van der Waals surface area contributed by atoms with E-state index in [-0.39, 0.29) is 24.5 Å². The first-order chi connectivity index (χ1) is 12.9. The molecule has 0 spiro atoms. The van der Waals surface area contributed by atoms with Crippen LogP contribution in [0, 0.1) is 13.8 Å². The van der Waals surface area contributed by atoms with E-state index >= 15 is 0 Å². The molecule has 2 aromatic rings. The van der Waals surface area contributed by atoms with Gasteiger partial charge >= 0.3 is 0 Å². The molecule has 0 bridgehead atoms. The Hall–Kier alpha value is -2.82. The summed E-state index contributed by atoms with van der Waals surface area (Å²) in [4.78, 5) is 24.3. The van der Waals surface area contributed by atoms with E-state index in [1.807, 2.05) is 50.2 Å². The number of amides is 1. The van der Waals surface area contributed by atoms with E-state index in [4.69, 9.17) is 9.47 Å². The molecule has 2 rings (SSSR count). The van der Waals surface area contributed by atoms with E-state index in [0.29, 0.717) is 18.5 Å². The van der Waals surface area contributed by atoms with Crippen LogP contribution < -0.4 is 14.8 Å². The van der Waals surface area contributed by atoms with E-state index in [9.17, 15) is 9.59 Å². The van der Waals surface area contributed by atoms with Crippen molar-refractivity contribution in [1.82, 2.24) is 5.32 Å². The third-order valence-corrected chi connectivity index (χ3v) is 4.62. The molecule has 5 heteroatoms. The van der Waals surface area contributed by atoms with E-state index in [2.05, 4.69) is 5.32 Å². The fourth-order valence-electron chi connectivity index (χ4n) is 2.77. The zero-order chi connectivity index (χ0) is 19.8. The Bertz CT molecular complexity index is 814. The Morgan fingerprint density at radius 3 is 2.37 bits per heavy atom. The van der Waals surface area contributed by atoms with Gasteiger partial charge in [-0.05, 0) is 49.1 Å². The van der Waals surface area contributed by atoms with Gasteiger partial charge in [0.25, 0.3) is 0 Å². The van der Waals surface area contributed by atoms with E-state index in [1.54, 1.807) is 14.2 Å². The SMILES string of the molecule is COc1ccc(CCNC(=O)CCC(=O)c2ccc(C)c(C)c2)c(OC)c1. The Balaban J connectivity index is 1.79. The van der Waals surface area contributed by atoms with Crippen LogP contribution in [0.5, 0.6) is 11.5 Å². The molecule has 0 fully saturated rings. The molecule has 0 aliphatic rings. The Morgan fingerprint density at radius 1 is 0.926 bits per heavy atom. The molecule has 1 N–H and O–H groups in total. The Labute approximate surface area is 160 Å². The fraction of sp³-hybridized carbons (Fsp3) is 0.364. The van der Waals surface area contributed by atoms with Crippen LogP contribution in [0.15, 0.2) is 36.4 Å². The normalized spacial score (nSPS) is 10.4. The quantitative estimate of drug-likeness (QED) is 0.686. The maximum absolute atomic E-state index is 12.2. The standard InChI is InChI=1S/C22H27NO4/c1-15-5-6-18(13-16(15)2)20(24)9-10-22(25)23-12-11-17-7-8-19(26-3)14-21(17)27-4/h5-8,13-14H,9-12H2,1-4H3,(H,23,25). The zero-order valence-electron chi connectivity index (χ0n) is 16.4. The predicted molar refractivity (Wildman–Crippen MR) is 106 cm³/mol. The maximum atomic E-state index is 12.2. The number of benzene rings is 2. The summed E-state index contributed by atoms with van der Waals surface area (Å²) < 4.78 is 10.5. The number of methoxy groups -OCH3 is 2. The number of ether oxygens (including phenoxy) is 2. The van der Waals surface area contributed by atoms with Gasteiger partial charge in [-0.3, -0.25) is 9.59 Å². The van der Waals surface area contributed by atoms with Crippen LogP contribution in [0.3, 0.4) is 0 Å². The van der Waals surface area contributed by atoms with Crippen molar-refractivity contribution in [2.45, 2.75) is 33.1 Å². The van der Waals surface area contributed by atoms with Crippen molar-refractivity contribution in [2.24, 2.45) is 0 Å². The number of rotatable bonds is 9. The monoisotopic (exact) mass is 369 g/mol. The number of aryl methyl sites for hydroxylation is 2. The summed E-state index contributed by atoms with van der Waals surface area (Å²) in [5, 5.41) is 2.86. The lowest BCUT2D eigenvalue weighted by Gasteiger charge is -2.11. The topological polar surface area (TPSA) is 64.6 Å². The van der Waals surface area contributed by atoms with Crippen LogP contribution in [0.25, 0.3) is 0 Å². The van der Waals surface area contributed by atoms with Gasteiger partial charge in [0.05, 0.1) is 14.2 Å². The summed E-state index contributed by atoms with van der Waals surface area (Å²) >= 11 is 0. The first-order valence-electron chi connectivity index (χ1n) is 9.02. The van der Waals surface area contributed by atoms with Crippen molar-refractivity contribution in [3.63, 3.8) is 0 Å². The first-order valence-corrected chi connectivity index (χ1v) is 9.02. The highest BCUT2D eigenvalue weighted by atomic mass is 16.5. The molecule has 0 atom stereocenters. The van der Waals surface area contributed by atoms with Crippen molar-refractivity contribution in [3.05, 3.63) is 58.7 Å². The molecule has 27 heavy (non-hydrogen) atoms. The third kappa shape index (κ3) is 5.84. The number of carbonyl (C=O) groups excluding carboxylic acids is 2. The smallest absolute Gasteiger partial charge is 0.220 e. The van der Waals surface area contributed by atoms with Gasteiger partial charge < -0.3 is 14.8 Å². The number of nitrogens with one attached hydrogen (secondary N) is 1. The van der Waals surface area contributed by atoms with Crippen LogP contribution in [-0.4, -0.2) is 32.5 Å². The third-order valence-electron chi connectivity index (χ3n) is 4.62. The van der Waals surface area contributed by atoms with Crippen molar-refractivity contribution >= 4 is 11.7 Å². The second-order valence-corrected chi connectivity index (χ2v) is 6.50. The molecular formula is C22H27NO4. The van der Waals surface area contributed by atoms with Crippen LogP contribution in [0.4, 0.5) is 0 Å². The zero-order valence-corrected chi connectivity index (χ0v) is 16.4. The molecule has 0 aromatic heterocycles. The average Bonchev–Trinajstić information content (AvgIpc) is 2.68. The molecule has 0 heterocycles. The minimum atomic E-state index is -0.125. The Morgan fingerprint density at radius 2 is 1.70 bits per heavy atom. The second-order valence-electron chi connectivity index (χ2n) is 6.50. The Kier molecular flexibility index (Phi) is 7.41. The molecule has 144 valence electrons. The highest BCUT2D eigenvalue weighted by Crippen LogP contribution is 2.24. The van der Waals surface area contributed by atoms with Crippen LogP contribution in [0.2, 0.25) is 0 Å². The van der Waals surface area contributed by atoms with Gasteiger partial charge in [-0.1, -0.05) is 18.2 Å². The fourth-order valence-corrected chi connectivity index (χ4v) is 2.77. The largest absolute Gasteiger partial charge is 0.497 e. The molecular weight excluding hydrogens is 342 g/mol. The van der Waals surface area contributed by atoms with Gasteiger partial charge in [-0.15, -0.1) is 0 Å². The summed E-state index contributed by atoms with van der Waals surface area (Å²) in [5.41, 5.74) is 3.88. The van der Waals surface area contributed by atoms with Crippen molar-refractivity contribution in [2.75, 3.05) is 20.8 Å². The molecule has 0 radical (unpaired) electrons. The molecule has 5 nitrogen and oxygen atoms in total. The first kappa shape index (κ1) is 20.5. The number of hydrogen-bond acceptors (Lipinski definition) is 4. The minimum Gasteiger partial charge on any atom is -0.497 e. The van der Waals surface area contributed by atoms with Crippen molar-refractivity contribution < 1.29 is 19.1 Å². The summed E-state index contributed by atoms with van der Waals surface area (Å²) in [6, 6.07) is 11.2. The molecule has 0 saturated carbocycles. The van der Waals surface area contributed by atoms with Gasteiger partial charge in [-0.2, -0.15) is 0 Å². The molecule has 0 saturated heterocycles. The summed E-state index contributed by atoms with van der Waals surface area (Å²) in [6.07, 6.45) is 1.04. The van der Waals surface area contributed by atoms with Gasteiger partial charge in [0.15, 0.2) is 5.78 Å². The second kappa shape index (κ2) is 9.76. The average molecular weight is 369 g/mol. The van der Waals surface area contributed by atoms with Gasteiger partial charge in [0.1, 0.15) is 11.5 Å². The van der Waals surface area contributed by atoms with E-state index in [1.165, 1.54) is 0 Å². The number of carbonyl (C=O) groups is 2. The lowest BCUT2D eigenvalue weighted by Crippen LogP contribution is -2.26. The summed E-state index contributed by atoms with van der Waals surface area (Å²) in [5.74, 6) is 1.32. The van der Waals surface area contributed by atoms with Gasteiger partial charge in [0, 0.05) is 31.0 Å². The summed E-state index contributed by atoms with van der Waals surface area (Å²) in [7, 11) is 3.21. The molecule has 0 aliphatic heterocycles. The van der Waals surface area contributed by atoms with Gasteiger partial charge in [0.2, 0.25) is 5.91 Å². The highest BCUT2D eigenvalue weighted by Gasteiger charge is 2.11. The molecule has 0 unspecified atom stereocenters. The lowest BCUT2D eigenvalue weighted by molar-refractivity contribution is -0.121. The summed E-state index contributed by atoms with van der Waals surface area (Å²) in [6.45, 7) is 4.47. The highest BCUT2D eigenvalue weighted by molar-refractivity contribution is 5.98. The van der Waals surface area contributed by atoms with Crippen LogP contribution in [0.1, 0.15) is 39.9 Å². The minimum absolute atomic E-state index is 0.00919. The number of ketones is 1. The lowest BCUT2D eigenvalue weighted by atomic mass is 10.0. The maximum Gasteiger partial charge on any atom is 0.220 e. The number of Topliss-reactive ketones (excluding diaryl/α,β-unsaturated/α-hetero) is 1. The van der Waals surface area contributed by atoms with Crippen molar-refractivity contribution in [3.8, 4) is 11.5 Å². The van der Waals surface area contributed by atoms with Gasteiger partial charge in [-0.25, -0.2) is 0 Å². The molecule has 2 aromatic carbocycles. The molecule has 0 aliphatic carbocycles. The van der Waals surface area contributed by atoms with Crippen LogP contribution >= 0.6 is 0 Å². The van der Waals surface area contributed by atoms with Crippen LogP contribution in [-0.2, 0) is 11.2 Å².